The van der Waals surface area contributed by atoms with Crippen molar-refractivity contribution in [2.75, 3.05) is 20.1 Å². The number of hydrogen-bond donors (Lipinski definition) is 0. The number of likely N-dealkylation sites (tertiary alicyclic amines) is 1. The molecule has 1 aromatic rings. The number of rotatable bonds is 2. The third-order valence-electron chi connectivity index (χ3n) is 3.44. The Balaban J connectivity index is 2.14. The van der Waals surface area contributed by atoms with Gasteiger partial charge >= 0.3 is 0 Å². The van der Waals surface area contributed by atoms with Crippen LogP contribution in [0, 0.1) is 0 Å². The predicted molar refractivity (Wildman–Crippen MR) is 68.4 cm³/mol. The van der Waals surface area contributed by atoms with E-state index in [0.29, 0.717) is 5.92 Å². The molecule has 2 heterocycles. The maximum Gasteiger partial charge on any atom is 0.0342 e. The van der Waals surface area contributed by atoms with Crippen molar-refractivity contribution >= 4 is 5.57 Å². The zero-order valence-corrected chi connectivity index (χ0v) is 10.2. The largest absolute Gasteiger partial charge is 0.306 e. The van der Waals surface area contributed by atoms with Crippen LogP contribution in [0.2, 0.25) is 0 Å². The molecule has 0 N–H and O–H groups in total. The van der Waals surface area contributed by atoms with Crippen molar-refractivity contribution in [2.24, 2.45) is 0 Å². The van der Waals surface area contributed by atoms with E-state index in [4.69, 9.17) is 0 Å². The lowest BCUT2D eigenvalue weighted by Gasteiger charge is -2.29. The SMILES string of the molecule is C=C(C)c1cncc(C2CCN(C)CC2)c1. The first-order valence-corrected chi connectivity index (χ1v) is 5.96. The summed E-state index contributed by atoms with van der Waals surface area (Å²) in [6.07, 6.45) is 6.42. The van der Waals surface area contributed by atoms with Crippen LogP contribution in [0.15, 0.2) is 25.0 Å². The quantitative estimate of drug-likeness (QED) is 0.755. The summed E-state index contributed by atoms with van der Waals surface area (Å²) in [6, 6.07) is 2.26. The third-order valence-corrected chi connectivity index (χ3v) is 3.44. The lowest BCUT2D eigenvalue weighted by Crippen LogP contribution is -2.29. The van der Waals surface area contributed by atoms with E-state index in [1.807, 2.05) is 19.3 Å². The van der Waals surface area contributed by atoms with Gasteiger partial charge in [0.15, 0.2) is 0 Å². The lowest BCUT2D eigenvalue weighted by atomic mass is 9.89. The Morgan fingerprint density at radius 3 is 2.69 bits per heavy atom. The number of piperidine rings is 1. The van der Waals surface area contributed by atoms with E-state index in [1.54, 1.807) is 0 Å². The van der Waals surface area contributed by atoms with E-state index in [0.717, 1.165) is 5.57 Å². The molecule has 1 aliphatic rings. The highest BCUT2D eigenvalue weighted by molar-refractivity contribution is 5.60. The van der Waals surface area contributed by atoms with Gasteiger partial charge in [-0.2, -0.15) is 0 Å². The van der Waals surface area contributed by atoms with Crippen molar-refractivity contribution < 1.29 is 0 Å². The fourth-order valence-corrected chi connectivity index (χ4v) is 2.26. The number of aromatic nitrogens is 1. The Morgan fingerprint density at radius 2 is 2.06 bits per heavy atom. The van der Waals surface area contributed by atoms with Crippen LogP contribution >= 0.6 is 0 Å². The maximum absolute atomic E-state index is 4.33. The molecule has 0 bridgehead atoms. The fraction of sp³-hybridized carbons (Fsp3) is 0.500. The lowest BCUT2D eigenvalue weighted by molar-refractivity contribution is 0.255. The molecule has 0 radical (unpaired) electrons. The zero-order chi connectivity index (χ0) is 11.5. The van der Waals surface area contributed by atoms with Crippen LogP contribution < -0.4 is 0 Å². The molecular formula is C14H20N2. The monoisotopic (exact) mass is 216 g/mol. The molecule has 2 heteroatoms. The Hall–Kier alpha value is -1.15. The second kappa shape index (κ2) is 4.79. The van der Waals surface area contributed by atoms with Crippen LogP contribution in [0.25, 0.3) is 5.57 Å². The number of allylic oxidation sites excluding steroid dienone is 1. The molecule has 1 saturated heterocycles. The minimum atomic E-state index is 0.683. The van der Waals surface area contributed by atoms with Gasteiger partial charge in [-0.05, 0) is 68.6 Å². The van der Waals surface area contributed by atoms with E-state index in [2.05, 4.69) is 29.6 Å². The summed E-state index contributed by atoms with van der Waals surface area (Å²) in [5.74, 6) is 0.683. The topological polar surface area (TPSA) is 16.1 Å². The highest BCUT2D eigenvalue weighted by Crippen LogP contribution is 2.28. The summed E-state index contributed by atoms with van der Waals surface area (Å²) in [4.78, 5) is 6.72. The van der Waals surface area contributed by atoms with Gasteiger partial charge in [-0.1, -0.05) is 6.58 Å². The Bertz CT molecular complexity index is 376. The zero-order valence-electron chi connectivity index (χ0n) is 10.2. The average molecular weight is 216 g/mol. The molecular weight excluding hydrogens is 196 g/mol. The summed E-state index contributed by atoms with van der Waals surface area (Å²) < 4.78 is 0. The smallest absolute Gasteiger partial charge is 0.0342 e. The second-order valence-corrected chi connectivity index (χ2v) is 4.86. The Labute approximate surface area is 98.0 Å². The molecule has 0 aliphatic carbocycles. The molecule has 0 unspecified atom stereocenters. The molecule has 0 aromatic carbocycles. The number of nitrogens with zero attached hydrogens (tertiary/aromatic N) is 2. The van der Waals surface area contributed by atoms with Crippen molar-refractivity contribution in [2.45, 2.75) is 25.7 Å². The first-order valence-electron chi connectivity index (χ1n) is 5.96. The van der Waals surface area contributed by atoms with E-state index in [-0.39, 0.29) is 0 Å². The Morgan fingerprint density at radius 1 is 1.38 bits per heavy atom. The predicted octanol–water partition coefficient (Wildman–Crippen LogP) is 2.92. The minimum Gasteiger partial charge on any atom is -0.306 e. The van der Waals surface area contributed by atoms with Gasteiger partial charge < -0.3 is 4.90 Å². The molecule has 1 aromatic heterocycles. The summed E-state index contributed by atoms with van der Waals surface area (Å²) in [5.41, 5.74) is 3.66. The molecule has 0 amide bonds. The molecule has 86 valence electrons. The standard InChI is InChI=1S/C14H20N2/c1-11(2)13-8-14(10-15-9-13)12-4-6-16(3)7-5-12/h8-10,12H,1,4-7H2,2-3H3. The molecule has 1 fully saturated rings. The molecule has 0 saturated carbocycles. The molecule has 0 spiro atoms. The van der Waals surface area contributed by atoms with Gasteiger partial charge in [0, 0.05) is 12.4 Å². The number of hydrogen-bond acceptors (Lipinski definition) is 2. The fourth-order valence-electron chi connectivity index (χ4n) is 2.26. The summed E-state index contributed by atoms with van der Waals surface area (Å²) >= 11 is 0. The highest BCUT2D eigenvalue weighted by atomic mass is 15.1. The molecule has 16 heavy (non-hydrogen) atoms. The first kappa shape index (κ1) is 11.3. The van der Waals surface area contributed by atoms with Crippen LogP contribution in [0.4, 0.5) is 0 Å². The normalized spacial score (nSPS) is 18.6. The van der Waals surface area contributed by atoms with Crippen LogP contribution in [0.5, 0.6) is 0 Å². The van der Waals surface area contributed by atoms with Gasteiger partial charge in [0.05, 0.1) is 0 Å². The molecule has 2 nitrogen and oxygen atoms in total. The molecule has 0 atom stereocenters. The van der Waals surface area contributed by atoms with Gasteiger partial charge in [0.1, 0.15) is 0 Å². The maximum atomic E-state index is 4.33. The van der Waals surface area contributed by atoms with Crippen LogP contribution in [-0.2, 0) is 0 Å². The van der Waals surface area contributed by atoms with Gasteiger partial charge in [-0.25, -0.2) is 0 Å². The van der Waals surface area contributed by atoms with Gasteiger partial charge in [-0.3, -0.25) is 4.98 Å². The third kappa shape index (κ3) is 2.50. The van der Waals surface area contributed by atoms with Crippen molar-refractivity contribution in [3.8, 4) is 0 Å². The van der Waals surface area contributed by atoms with Gasteiger partial charge in [0.25, 0.3) is 0 Å². The summed E-state index contributed by atoms with van der Waals surface area (Å²) in [6.45, 7) is 8.41. The van der Waals surface area contributed by atoms with E-state index in [1.165, 1.54) is 37.1 Å². The van der Waals surface area contributed by atoms with Crippen molar-refractivity contribution in [3.05, 3.63) is 36.2 Å². The van der Waals surface area contributed by atoms with Crippen molar-refractivity contribution in [3.63, 3.8) is 0 Å². The Kier molecular flexibility index (Phi) is 3.39. The summed E-state index contributed by atoms with van der Waals surface area (Å²) in [5, 5.41) is 0. The van der Waals surface area contributed by atoms with Crippen LogP contribution in [0.1, 0.15) is 36.8 Å². The number of pyridine rings is 1. The molecule has 2 rings (SSSR count). The minimum absolute atomic E-state index is 0.683. The van der Waals surface area contributed by atoms with E-state index >= 15 is 0 Å². The van der Waals surface area contributed by atoms with Crippen LogP contribution in [-0.4, -0.2) is 30.0 Å². The van der Waals surface area contributed by atoms with Crippen molar-refractivity contribution in [1.82, 2.24) is 9.88 Å². The summed E-state index contributed by atoms with van der Waals surface area (Å²) in [7, 11) is 2.19. The van der Waals surface area contributed by atoms with Gasteiger partial charge in [-0.15, -0.1) is 0 Å². The average Bonchev–Trinajstić information content (AvgIpc) is 2.30. The van der Waals surface area contributed by atoms with E-state index in [9.17, 15) is 0 Å². The molecule has 1 aliphatic heterocycles. The second-order valence-electron chi connectivity index (χ2n) is 4.86. The first-order chi connectivity index (χ1) is 7.66. The van der Waals surface area contributed by atoms with Gasteiger partial charge in [0.2, 0.25) is 0 Å². The highest BCUT2D eigenvalue weighted by Gasteiger charge is 2.18. The van der Waals surface area contributed by atoms with Crippen LogP contribution in [0.3, 0.4) is 0 Å². The van der Waals surface area contributed by atoms with Crippen molar-refractivity contribution in [1.29, 1.82) is 0 Å². The van der Waals surface area contributed by atoms with E-state index < -0.39 is 0 Å².